The highest BCUT2D eigenvalue weighted by Crippen LogP contribution is 2.38. The van der Waals surface area contributed by atoms with Gasteiger partial charge < -0.3 is 10.4 Å². The molecule has 0 saturated heterocycles. The highest BCUT2D eigenvalue weighted by Gasteiger charge is 2.36. The van der Waals surface area contributed by atoms with Gasteiger partial charge in [0, 0.05) is 30.1 Å². The van der Waals surface area contributed by atoms with E-state index in [4.69, 9.17) is 0 Å². The largest absolute Gasteiger partial charge is 0.393 e. The summed E-state index contributed by atoms with van der Waals surface area (Å²) in [4.78, 5) is 13.0. The van der Waals surface area contributed by atoms with E-state index in [0.29, 0.717) is 18.4 Å². The first kappa shape index (κ1) is 18.4. The zero-order valence-corrected chi connectivity index (χ0v) is 16.3. The van der Waals surface area contributed by atoms with Gasteiger partial charge in [-0.2, -0.15) is 10.2 Å². The summed E-state index contributed by atoms with van der Waals surface area (Å²) in [5.41, 5.74) is 4.36. The van der Waals surface area contributed by atoms with Crippen LogP contribution in [0, 0.1) is 19.8 Å². The minimum Gasteiger partial charge on any atom is -0.393 e. The Morgan fingerprint density at radius 3 is 2.68 bits per heavy atom. The van der Waals surface area contributed by atoms with Crippen molar-refractivity contribution in [2.75, 3.05) is 0 Å². The van der Waals surface area contributed by atoms with Crippen LogP contribution < -0.4 is 5.32 Å². The van der Waals surface area contributed by atoms with E-state index in [1.165, 1.54) is 0 Å². The topological polar surface area (TPSA) is 85.0 Å². The summed E-state index contributed by atoms with van der Waals surface area (Å²) in [5, 5.41) is 21.6. The van der Waals surface area contributed by atoms with E-state index in [1.54, 1.807) is 16.9 Å². The number of aliphatic hydroxyl groups is 1. The van der Waals surface area contributed by atoms with Gasteiger partial charge in [0.2, 0.25) is 0 Å². The second-order valence-electron chi connectivity index (χ2n) is 7.67. The first-order valence-electron chi connectivity index (χ1n) is 9.52. The van der Waals surface area contributed by atoms with Gasteiger partial charge in [0.1, 0.15) is 0 Å². The molecule has 2 N–H and O–H groups in total. The summed E-state index contributed by atoms with van der Waals surface area (Å²) in [6.07, 6.45) is 4.79. The highest BCUT2D eigenvalue weighted by atomic mass is 16.3. The average Bonchev–Trinajstić information content (AvgIpc) is 3.22. The van der Waals surface area contributed by atoms with Crippen LogP contribution in [-0.4, -0.2) is 36.7 Å². The molecule has 1 aliphatic rings. The number of aryl methyl sites for hydroxylation is 3. The number of carbonyl (C=O) groups is 1. The van der Waals surface area contributed by atoms with Crippen molar-refractivity contribution >= 4 is 5.91 Å². The molecule has 1 fully saturated rings. The summed E-state index contributed by atoms with van der Waals surface area (Å²) < 4.78 is 3.57. The van der Waals surface area contributed by atoms with Crippen molar-refractivity contribution in [3.63, 3.8) is 0 Å². The minimum atomic E-state index is -0.282. The Morgan fingerprint density at radius 2 is 2.07 bits per heavy atom. The molecule has 1 aromatic carbocycles. The molecule has 146 valence electrons. The van der Waals surface area contributed by atoms with Gasteiger partial charge in [0.25, 0.3) is 5.91 Å². The maximum Gasteiger partial charge on any atom is 0.251 e. The van der Waals surface area contributed by atoms with Gasteiger partial charge in [-0.1, -0.05) is 6.07 Å². The van der Waals surface area contributed by atoms with E-state index in [9.17, 15) is 9.90 Å². The summed E-state index contributed by atoms with van der Waals surface area (Å²) >= 11 is 0. The van der Waals surface area contributed by atoms with Crippen molar-refractivity contribution < 1.29 is 9.90 Å². The van der Waals surface area contributed by atoms with Crippen molar-refractivity contribution in [3.8, 4) is 5.69 Å². The van der Waals surface area contributed by atoms with Crippen molar-refractivity contribution in [3.05, 3.63) is 65.2 Å². The molecule has 3 aromatic rings. The Morgan fingerprint density at radius 1 is 1.29 bits per heavy atom. The Balaban J connectivity index is 1.58. The van der Waals surface area contributed by atoms with Crippen LogP contribution in [-0.2, 0) is 7.05 Å². The maximum absolute atomic E-state index is 13.0. The molecular weight excluding hydrogens is 354 g/mol. The highest BCUT2D eigenvalue weighted by molar-refractivity contribution is 5.95. The van der Waals surface area contributed by atoms with Crippen LogP contribution >= 0.6 is 0 Å². The lowest BCUT2D eigenvalue weighted by Crippen LogP contribution is -2.41. The number of nitrogens with one attached hydrogen (secondary N) is 1. The molecule has 4 rings (SSSR count). The van der Waals surface area contributed by atoms with E-state index >= 15 is 0 Å². The zero-order chi connectivity index (χ0) is 19.8. The van der Waals surface area contributed by atoms with Crippen molar-refractivity contribution in [2.45, 2.75) is 38.8 Å². The average molecular weight is 379 g/mol. The third-order valence-corrected chi connectivity index (χ3v) is 5.35. The molecular formula is C21H25N5O2. The van der Waals surface area contributed by atoms with Crippen LogP contribution in [0.4, 0.5) is 0 Å². The van der Waals surface area contributed by atoms with Crippen molar-refractivity contribution in [2.24, 2.45) is 13.0 Å². The molecule has 2 aromatic heterocycles. The predicted octanol–water partition coefficient (Wildman–Crippen LogP) is 2.46. The molecule has 0 bridgehead atoms. The number of nitrogens with zero attached hydrogens (tertiary/aromatic N) is 4. The van der Waals surface area contributed by atoms with Crippen LogP contribution in [0.5, 0.6) is 0 Å². The van der Waals surface area contributed by atoms with Gasteiger partial charge in [0.15, 0.2) is 0 Å². The summed E-state index contributed by atoms with van der Waals surface area (Å²) in [5.74, 6) is 0.0703. The molecule has 0 aliphatic heterocycles. The van der Waals surface area contributed by atoms with Gasteiger partial charge in [-0.25, -0.2) is 4.68 Å². The standard InChI is InChI=1S/C21H25N5O2/c1-13-7-14(2)26(24-13)18-6-4-5-15(8-18)21(28)23-20(16-9-19(27)10-16)17-11-22-25(3)12-17/h4-8,11-12,16,19-20,27H,9-10H2,1-3H3,(H,23,28)/t16?,19?,20-/m0/s1. The molecule has 7 heteroatoms. The monoisotopic (exact) mass is 379 g/mol. The number of carbonyl (C=O) groups excluding carboxylic acids is 1. The molecule has 0 unspecified atom stereocenters. The summed E-state index contributed by atoms with van der Waals surface area (Å²) in [7, 11) is 1.86. The SMILES string of the molecule is Cc1cc(C)n(-c2cccc(C(=O)N[C@H](c3cnn(C)c3)C3CC(O)C3)c2)n1. The number of benzene rings is 1. The lowest BCUT2D eigenvalue weighted by molar-refractivity contribution is 0.0235. The van der Waals surface area contributed by atoms with E-state index in [2.05, 4.69) is 15.5 Å². The fourth-order valence-corrected chi connectivity index (χ4v) is 3.87. The molecule has 2 heterocycles. The first-order chi connectivity index (χ1) is 13.4. The van der Waals surface area contributed by atoms with Crippen LogP contribution in [0.3, 0.4) is 0 Å². The number of aromatic nitrogens is 4. The Labute approximate surface area is 164 Å². The molecule has 28 heavy (non-hydrogen) atoms. The maximum atomic E-state index is 13.0. The van der Waals surface area contributed by atoms with Crippen LogP contribution in [0.2, 0.25) is 0 Å². The predicted molar refractivity (Wildman–Crippen MR) is 105 cm³/mol. The molecule has 1 aliphatic carbocycles. The lowest BCUT2D eigenvalue weighted by Gasteiger charge is -2.37. The van der Waals surface area contributed by atoms with Gasteiger partial charge in [-0.3, -0.25) is 9.48 Å². The molecule has 7 nitrogen and oxygen atoms in total. The smallest absolute Gasteiger partial charge is 0.251 e. The normalized spacial score (nSPS) is 19.9. The first-order valence-corrected chi connectivity index (χ1v) is 9.52. The Bertz CT molecular complexity index is 1000. The fourth-order valence-electron chi connectivity index (χ4n) is 3.87. The third-order valence-electron chi connectivity index (χ3n) is 5.35. The quantitative estimate of drug-likeness (QED) is 0.713. The molecule has 0 radical (unpaired) electrons. The zero-order valence-electron chi connectivity index (χ0n) is 16.3. The van der Waals surface area contributed by atoms with E-state index in [-0.39, 0.29) is 24.0 Å². The van der Waals surface area contributed by atoms with Crippen LogP contribution in [0.25, 0.3) is 5.69 Å². The number of rotatable bonds is 5. The molecule has 0 spiro atoms. The fraction of sp³-hybridized carbons (Fsp3) is 0.381. The number of amides is 1. The minimum absolute atomic E-state index is 0.140. The van der Waals surface area contributed by atoms with Crippen molar-refractivity contribution in [1.29, 1.82) is 0 Å². The van der Waals surface area contributed by atoms with Crippen LogP contribution in [0.15, 0.2) is 42.7 Å². The second kappa shape index (κ2) is 7.24. The molecule has 1 atom stereocenters. The molecule has 1 amide bonds. The van der Waals surface area contributed by atoms with Gasteiger partial charge in [-0.15, -0.1) is 0 Å². The Kier molecular flexibility index (Phi) is 4.77. The van der Waals surface area contributed by atoms with E-state index in [1.807, 2.05) is 56.0 Å². The third kappa shape index (κ3) is 3.57. The molecule has 1 saturated carbocycles. The number of hydrogen-bond acceptors (Lipinski definition) is 4. The van der Waals surface area contributed by atoms with Gasteiger partial charge in [0.05, 0.1) is 29.7 Å². The van der Waals surface area contributed by atoms with E-state index in [0.717, 1.165) is 22.6 Å². The lowest BCUT2D eigenvalue weighted by atomic mass is 9.75. The summed E-state index contributed by atoms with van der Waals surface area (Å²) in [6.45, 7) is 3.94. The van der Waals surface area contributed by atoms with Crippen LogP contribution in [0.1, 0.15) is 46.2 Å². The van der Waals surface area contributed by atoms with E-state index < -0.39 is 0 Å². The number of aliphatic hydroxyl groups excluding tert-OH is 1. The van der Waals surface area contributed by atoms with Gasteiger partial charge in [-0.05, 0) is 56.9 Å². The van der Waals surface area contributed by atoms with Gasteiger partial charge >= 0.3 is 0 Å². The van der Waals surface area contributed by atoms with Crippen molar-refractivity contribution in [1.82, 2.24) is 24.9 Å². The Hall–Kier alpha value is -2.93. The summed E-state index contributed by atoms with van der Waals surface area (Å²) in [6, 6.07) is 9.31. The second-order valence-corrected chi connectivity index (χ2v) is 7.67. The number of hydrogen-bond donors (Lipinski definition) is 2.